The van der Waals surface area contributed by atoms with Gasteiger partial charge in [0.05, 0.1) is 31.2 Å². The first kappa shape index (κ1) is 20.5. The summed E-state index contributed by atoms with van der Waals surface area (Å²) in [6, 6.07) is 14.5. The Hall–Kier alpha value is -4.19. The molecule has 1 heterocycles. The van der Waals surface area contributed by atoms with E-state index >= 15 is 0 Å². The molecule has 0 bridgehead atoms. The Bertz CT molecular complexity index is 1120. The van der Waals surface area contributed by atoms with Crippen molar-refractivity contribution in [2.75, 3.05) is 7.11 Å². The predicted molar refractivity (Wildman–Crippen MR) is 104 cm³/mol. The van der Waals surface area contributed by atoms with Crippen molar-refractivity contribution in [3.63, 3.8) is 0 Å². The van der Waals surface area contributed by atoms with Crippen molar-refractivity contribution < 1.29 is 23.8 Å². The summed E-state index contributed by atoms with van der Waals surface area (Å²) in [5, 5.41) is 24.9. The summed E-state index contributed by atoms with van der Waals surface area (Å²) < 4.78 is 20.5. The Morgan fingerprint density at radius 1 is 1.27 bits per heavy atom. The number of ether oxygens (including phenoxy) is 1. The molecule has 0 radical (unpaired) electrons. The molecular formula is C21H17FN4O4. The van der Waals surface area contributed by atoms with E-state index in [0.29, 0.717) is 11.1 Å². The maximum atomic E-state index is 14.1. The summed E-state index contributed by atoms with van der Waals surface area (Å²) in [6.45, 7) is 0. The van der Waals surface area contributed by atoms with Gasteiger partial charge in [0.25, 0.3) is 5.91 Å². The number of amides is 1. The van der Waals surface area contributed by atoms with Gasteiger partial charge in [0.15, 0.2) is 5.69 Å². The van der Waals surface area contributed by atoms with Crippen LogP contribution in [0.25, 0.3) is 5.69 Å². The van der Waals surface area contributed by atoms with Crippen LogP contribution in [-0.2, 0) is 4.79 Å². The number of carbonyl (C=O) groups excluding carboxylic acids is 1. The van der Waals surface area contributed by atoms with E-state index in [4.69, 9.17) is 10.00 Å². The summed E-state index contributed by atoms with van der Waals surface area (Å²) in [5.74, 6) is -2.18. The number of rotatable bonds is 7. The molecule has 0 unspecified atom stereocenters. The molecule has 2 N–H and O–H groups in total. The predicted octanol–water partition coefficient (Wildman–Crippen LogP) is 2.84. The van der Waals surface area contributed by atoms with Crippen LogP contribution in [0.15, 0.2) is 54.6 Å². The van der Waals surface area contributed by atoms with E-state index in [9.17, 15) is 19.1 Å². The van der Waals surface area contributed by atoms with E-state index < -0.39 is 23.7 Å². The van der Waals surface area contributed by atoms with E-state index in [1.165, 1.54) is 43.5 Å². The third-order valence-electron chi connectivity index (χ3n) is 4.33. The third-order valence-corrected chi connectivity index (χ3v) is 4.33. The number of para-hydroxylation sites is 1. The first-order valence-corrected chi connectivity index (χ1v) is 8.84. The smallest absolute Gasteiger partial charge is 0.305 e. The van der Waals surface area contributed by atoms with Crippen LogP contribution in [0.5, 0.6) is 5.88 Å². The topological polar surface area (TPSA) is 117 Å². The number of nitrogens with one attached hydrogen (secondary N) is 1. The summed E-state index contributed by atoms with van der Waals surface area (Å²) in [7, 11) is 1.36. The van der Waals surface area contributed by atoms with Gasteiger partial charge >= 0.3 is 5.97 Å². The number of nitrogens with zero attached hydrogens (tertiary/aromatic N) is 3. The molecule has 30 heavy (non-hydrogen) atoms. The average molecular weight is 408 g/mol. The van der Waals surface area contributed by atoms with Crippen LogP contribution in [0, 0.1) is 17.1 Å². The average Bonchev–Trinajstić information content (AvgIpc) is 3.17. The lowest BCUT2D eigenvalue weighted by Crippen LogP contribution is -2.30. The molecule has 9 heteroatoms. The highest BCUT2D eigenvalue weighted by Gasteiger charge is 2.23. The molecule has 0 spiro atoms. The molecule has 1 amide bonds. The third kappa shape index (κ3) is 4.44. The Morgan fingerprint density at radius 2 is 1.97 bits per heavy atom. The minimum Gasteiger partial charge on any atom is -0.481 e. The first-order chi connectivity index (χ1) is 14.4. The molecule has 3 rings (SSSR count). The second-order valence-electron chi connectivity index (χ2n) is 6.29. The maximum absolute atomic E-state index is 14.1. The molecule has 8 nitrogen and oxygen atoms in total. The van der Waals surface area contributed by atoms with E-state index in [1.54, 1.807) is 18.2 Å². The number of carbonyl (C=O) groups is 2. The minimum atomic E-state index is -1.11. The summed E-state index contributed by atoms with van der Waals surface area (Å²) in [4.78, 5) is 24.0. The Labute approximate surface area is 171 Å². The second kappa shape index (κ2) is 8.87. The van der Waals surface area contributed by atoms with Crippen LogP contribution in [0.1, 0.15) is 34.1 Å². The standard InChI is InChI=1S/C21H17FN4O4/c1-30-19-10-17(25-26(19)18-5-3-2-4-15(18)22)21(29)24-16(11-20(27)28)14-8-6-13(12-23)7-9-14/h2-10,16H,11H2,1H3,(H,24,29)(H,27,28)/t16-/m0/s1. The summed E-state index contributed by atoms with van der Waals surface area (Å²) >= 11 is 0. The molecular weight excluding hydrogens is 391 g/mol. The number of aliphatic carboxylic acids is 1. The van der Waals surface area contributed by atoms with Gasteiger partial charge in [-0.15, -0.1) is 0 Å². The number of methoxy groups -OCH3 is 1. The number of hydrogen-bond donors (Lipinski definition) is 2. The molecule has 0 saturated heterocycles. The quantitative estimate of drug-likeness (QED) is 0.621. The highest BCUT2D eigenvalue weighted by Crippen LogP contribution is 2.23. The van der Waals surface area contributed by atoms with Crippen LogP contribution in [-0.4, -0.2) is 33.9 Å². The van der Waals surface area contributed by atoms with Gasteiger partial charge in [0.2, 0.25) is 5.88 Å². The SMILES string of the molecule is COc1cc(C(=O)N[C@@H](CC(=O)O)c2ccc(C#N)cc2)nn1-c1ccccc1F. The highest BCUT2D eigenvalue weighted by molar-refractivity contribution is 5.93. The summed E-state index contributed by atoms with van der Waals surface area (Å²) in [6.07, 6.45) is -0.372. The molecule has 0 aliphatic carbocycles. The number of benzene rings is 2. The largest absolute Gasteiger partial charge is 0.481 e. The number of carboxylic acids is 1. The molecule has 0 saturated carbocycles. The van der Waals surface area contributed by atoms with Crippen molar-refractivity contribution in [3.8, 4) is 17.6 Å². The van der Waals surface area contributed by atoms with Gasteiger partial charge in [-0.25, -0.2) is 4.39 Å². The molecule has 3 aromatic rings. The van der Waals surface area contributed by atoms with Crippen LogP contribution in [0.2, 0.25) is 0 Å². The minimum absolute atomic E-state index is 0.0702. The molecule has 2 aromatic carbocycles. The Balaban J connectivity index is 1.89. The van der Waals surface area contributed by atoms with Gasteiger partial charge in [0.1, 0.15) is 11.5 Å². The van der Waals surface area contributed by atoms with Gasteiger partial charge in [0, 0.05) is 6.07 Å². The number of aromatic nitrogens is 2. The Kier molecular flexibility index (Phi) is 6.08. The van der Waals surface area contributed by atoms with Gasteiger partial charge in [-0.1, -0.05) is 24.3 Å². The van der Waals surface area contributed by atoms with Crippen LogP contribution < -0.4 is 10.1 Å². The van der Waals surface area contributed by atoms with Crippen LogP contribution in [0.4, 0.5) is 4.39 Å². The van der Waals surface area contributed by atoms with E-state index in [0.717, 1.165) is 4.68 Å². The van der Waals surface area contributed by atoms with Crippen molar-refractivity contribution in [3.05, 3.63) is 77.2 Å². The normalized spacial score (nSPS) is 11.4. The zero-order valence-corrected chi connectivity index (χ0v) is 15.9. The molecule has 1 atom stereocenters. The monoisotopic (exact) mass is 408 g/mol. The van der Waals surface area contributed by atoms with Crippen molar-refractivity contribution >= 4 is 11.9 Å². The van der Waals surface area contributed by atoms with E-state index in [2.05, 4.69) is 10.4 Å². The van der Waals surface area contributed by atoms with Gasteiger partial charge in [-0.05, 0) is 29.8 Å². The lowest BCUT2D eigenvalue weighted by atomic mass is 10.0. The van der Waals surface area contributed by atoms with Crippen molar-refractivity contribution in [2.24, 2.45) is 0 Å². The number of halogens is 1. The fourth-order valence-electron chi connectivity index (χ4n) is 2.87. The van der Waals surface area contributed by atoms with Crippen molar-refractivity contribution in [1.29, 1.82) is 5.26 Å². The molecule has 0 aliphatic heterocycles. The van der Waals surface area contributed by atoms with E-state index in [1.807, 2.05) is 6.07 Å². The molecule has 0 fully saturated rings. The van der Waals surface area contributed by atoms with Crippen LogP contribution >= 0.6 is 0 Å². The number of carboxylic acid groups (broad SMARTS) is 1. The lowest BCUT2D eigenvalue weighted by molar-refractivity contribution is -0.137. The molecule has 1 aromatic heterocycles. The van der Waals surface area contributed by atoms with Crippen LogP contribution in [0.3, 0.4) is 0 Å². The van der Waals surface area contributed by atoms with Crippen molar-refractivity contribution in [2.45, 2.75) is 12.5 Å². The lowest BCUT2D eigenvalue weighted by Gasteiger charge is -2.16. The van der Waals surface area contributed by atoms with Gasteiger partial charge in [-0.3, -0.25) is 9.59 Å². The van der Waals surface area contributed by atoms with Gasteiger partial charge in [-0.2, -0.15) is 15.0 Å². The van der Waals surface area contributed by atoms with E-state index in [-0.39, 0.29) is 23.7 Å². The fraction of sp³-hybridized carbons (Fsp3) is 0.143. The zero-order valence-electron chi connectivity index (χ0n) is 15.9. The molecule has 0 aliphatic rings. The van der Waals surface area contributed by atoms with Gasteiger partial charge < -0.3 is 15.2 Å². The Morgan fingerprint density at radius 3 is 2.57 bits per heavy atom. The highest BCUT2D eigenvalue weighted by atomic mass is 19.1. The number of nitriles is 1. The van der Waals surface area contributed by atoms with Crippen molar-refractivity contribution in [1.82, 2.24) is 15.1 Å². The zero-order chi connectivity index (χ0) is 21.7. The maximum Gasteiger partial charge on any atom is 0.305 e. The number of hydrogen-bond acceptors (Lipinski definition) is 5. The molecule has 152 valence electrons. The first-order valence-electron chi connectivity index (χ1n) is 8.84. The fourth-order valence-corrected chi connectivity index (χ4v) is 2.87. The summed E-state index contributed by atoms with van der Waals surface area (Å²) in [5.41, 5.74) is 0.958. The second-order valence-corrected chi connectivity index (χ2v) is 6.29.